The van der Waals surface area contributed by atoms with Crippen molar-refractivity contribution in [3.63, 3.8) is 0 Å². The van der Waals surface area contributed by atoms with Gasteiger partial charge in [-0.25, -0.2) is 4.79 Å². The normalized spacial score (nSPS) is 14.9. The van der Waals surface area contributed by atoms with Gasteiger partial charge in [0.2, 0.25) is 0 Å². The van der Waals surface area contributed by atoms with Gasteiger partial charge in [-0.3, -0.25) is 0 Å². The van der Waals surface area contributed by atoms with Gasteiger partial charge < -0.3 is 14.9 Å². The van der Waals surface area contributed by atoms with Crippen LogP contribution in [0, 0.1) is 0 Å². The molecule has 0 heterocycles. The molecule has 0 saturated heterocycles. The average molecular weight is 278 g/mol. The van der Waals surface area contributed by atoms with Crippen molar-refractivity contribution in [2.75, 3.05) is 7.11 Å². The maximum atomic E-state index is 12.6. The summed E-state index contributed by atoms with van der Waals surface area (Å²) in [6, 6.07) is 4.00. The van der Waals surface area contributed by atoms with Gasteiger partial charge in [0, 0.05) is 0 Å². The minimum Gasteiger partial charge on any atom is -0.467 e. The number of carbonyl (C=O) groups excluding carboxylic acids is 1. The highest BCUT2D eigenvalue weighted by molar-refractivity contribution is 7.86. The predicted molar refractivity (Wildman–Crippen MR) is 57.7 cm³/mol. The van der Waals surface area contributed by atoms with Crippen LogP contribution in [0.3, 0.4) is 0 Å². The highest BCUT2D eigenvalue weighted by atomic mass is 32.3. The van der Waals surface area contributed by atoms with Crippen molar-refractivity contribution in [2.24, 2.45) is 0 Å². The zero-order valence-corrected chi connectivity index (χ0v) is 10.1. The van der Waals surface area contributed by atoms with Crippen molar-refractivity contribution in [2.45, 2.75) is 17.1 Å². The van der Waals surface area contributed by atoms with Crippen molar-refractivity contribution in [3.05, 3.63) is 29.8 Å². The molecule has 100 valence electrons. The van der Waals surface area contributed by atoms with E-state index in [4.69, 9.17) is 0 Å². The Morgan fingerprint density at radius 3 is 2.17 bits per heavy atom. The van der Waals surface area contributed by atoms with E-state index in [1.165, 1.54) is 0 Å². The van der Waals surface area contributed by atoms with Crippen LogP contribution >= 0.6 is 0 Å². The summed E-state index contributed by atoms with van der Waals surface area (Å²) < 4.78 is 37.9. The Balaban J connectivity index is 2.95. The fraction of sp³-hybridized carbons (Fsp3) is 0.300. The standard InChI is InChI=1S/C10H11FO6S/c1-17-10(14)9(13)8(12)6-2-4-7(5-3-6)18(11,15)16/h2-5,8-9,12-13H,1H3/t8-,9+/m0/s1. The number of carbonyl (C=O) groups is 1. The van der Waals surface area contributed by atoms with Gasteiger partial charge in [0.25, 0.3) is 0 Å². The molecule has 2 atom stereocenters. The number of hydrogen-bond acceptors (Lipinski definition) is 6. The number of aliphatic hydroxyl groups excluding tert-OH is 2. The second-order valence-corrected chi connectivity index (χ2v) is 4.77. The van der Waals surface area contributed by atoms with E-state index >= 15 is 0 Å². The molecule has 0 amide bonds. The number of ether oxygens (including phenoxy) is 1. The Hall–Kier alpha value is -1.51. The minimum absolute atomic E-state index is 0.0558. The van der Waals surface area contributed by atoms with E-state index in [1.807, 2.05) is 0 Å². The Morgan fingerprint density at radius 2 is 1.78 bits per heavy atom. The molecule has 1 aromatic carbocycles. The third-order valence-electron chi connectivity index (χ3n) is 2.24. The lowest BCUT2D eigenvalue weighted by atomic mass is 10.0. The van der Waals surface area contributed by atoms with E-state index in [-0.39, 0.29) is 5.56 Å². The SMILES string of the molecule is COC(=O)[C@H](O)[C@@H](O)c1ccc(S(=O)(=O)F)cc1. The third-order valence-corrected chi connectivity index (χ3v) is 3.08. The summed E-state index contributed by atoms with van der Waals surface area (Å²) in [6.07, 6.45) is -3.39. The maximum absolute atomic E-state index is 12.6. The van der Waals surface area contributed by atoms with E-state index < -0.39 is 33.3 Å². The monoisotopic (exact) mass is 278 g/mol. The van der Waals surface area contributed by atoms with Crippen LogP contribution in [0.1, 0.15) is 11.7 Å². The summed E-state index contributed by atoms with van der Waals surface area (Å²) >= 11 is 0. The summed E-state index contributed by atoms with van der Waals surface area (Å²) in [4.78, 5) is 10.4. The molecule has 0 aliphatic rings. The molecule has 0 aromatic heterocycles. The molecule has 0 unspecified atom stereocenters. The second kappa shape index (κ2) is 5.42. The van der Waals surface area contributed by atoms with Crippen LogP contribution in [0.15, 0.2) is 29.2 Å². The first-order chi connectivity index (χ1) is 8.27. The molecule has 0 fully saturated rings. The van der Waals surface area contributed by atoms with Crippen molar-refractivity contribution < 1.29 is 32.0 Å². The van der Waals surface area contributed by atoms with Crippen LogP contribution in [0.4, 0.5) is 3.89 Å². The lowest BCUT2D eigenvalue weighted by Crippen LogP contribution is -2.29. The molecular weight excluding hydrogens is 267 g/mol. The Morgan fingerprint density at radius 1 is 1.28 bits per heavy atom. The predicted octanol–water partition coefficient (Wildman–Crippen LogP) is -0.0879. The molecule has 0 spiro atoms. The Bertz CT molecular complexity index is 524. The summed E-state index contributed by atoms with van der Waals surface area (Å²) in [5.41, 5.74) is 0.0558. The number of hydrogen-bond donors (Lipinski definition) is 2. The quantitative estimate of drug-likeness (QED) is 0.589. The Kier molecular flexibility index (Phi) is 4.38. The van der Waals surface area contributed by atoms with E-state index in [1.54, 1.807) is 0 Å². The molecular formula is C10H11FO6S. The molecule has 8 heteroatoms. The van der Waals surface area contributed by atoms with Gasteiger partial charge in [-0.05, 0) is 17.7 Å². The fourth-order valence-electron chi connectivity index (χ4n) is 1.26. The summed E-state index contributed by atoms with van der Waals surface area (Å²) in [7, 11) is -3.78. The summed E-state index contributed by atoms with van der Waals surface area (Å²) in [5.74, 6) is -1.04. The molecule has 0 saturated carbocycles. The van der Waals surface area contributed by atoms with Gasteiger partial charge in [-0.2, -0.15) is 8.42 Å². The van der Waals surface area contributed by atoms with Crippen molar-refractivity contribution in [3.8, 4) is 0 Å². The first kappa shape index (κ1) is 14.6. The summed E-state index contributed by atoms with van der Waals surface area (Å²) in [5, 5.41) is 18.9. The van der Waals surface area contributed by atoms with Crippen LogP contribution in [0.5, 0.6) is 0 Å². The van der Waals surface area contributed by atoms with Crippen LogP contribution in [-0.2, 0) is 19.8 Å². The fourth-order valence-corrected chi connectivity index (χ4v) is 1.72. The maximum Gasteiger partial charge on any atom is 0.337 e. The van der Waals surface area contributed by atoms with Crippen LogP contribution in [0.2, 0.25) is 0 Å². The number of halogens is 1. The second-order valence-electron chi connectivity index (χ2n) is 3.42. The number of aliphatic hydroxyl groups is 2. The Labute approximate surface area is 103 Å². The first-order valence-corrected chi connectivity index (χ1v) is 6.14. The van der Waals surface area contributed by atoms with E-state index in [0.717, 1.165) is 31.4 Å². The number of rotatable bonds is 4. The summed E-state index contributed by atoms with van der Waals surface area (Å²) in [6.45, 7) is 0. The zero-order chi connectivity index (χ0) is 13.9. The molecule has 6 nitrogen and oxygen atoms in total. The molecule has 18 heavy (non-hydrogen) atoms. The molecule has 0 aliphatic carbocycles. The van der Waals surface area contributed by atoms with Crippen molar-refractivity contribution in [1.82, 2.24) is 0 Å². The van der Waals surface area contributed by atoms with Gasteiger partial charge >= 0.3 is 16.2 Å². The zero-order valence-electron chi connectivity index (χ0n) is 9.28. The van der Waals surface area contributed by atoms with Crippen LogP contribution < -0.4 is 0 Å². The van der Waals surface area contributed by atoms with Gasteiger partial charge in [0.1, 0.15) is 6.10 Å². The topological polar surface area (TPSA) is 101 Å². The van der Waals surface area contributed by atoms with E-state index in [2.05, 4.69) is 4.74 Å². The number of esters is 1. The first-order valence-electron chi connectivity index (χ1n) is 4.76. The van der Waals surface area contributed by atoms with Crippen molar-refractivity contribution >= 4 is 16.2 Å². The third kappa shape index (κ3) is 3.25. The number of methoxy groups -OCH3 is 1. The molecule has 0 radical (unpaired) electrons. The number of benzene rings is 1. The van der Waals surface area contributed by atoms with E-state index in [9.17, 15) is 27.3 Å². The molecule has 0 bridgehead atoms. The van der Waals surface area contributed by atoms with Crippen LogP contribution in [-0.4, -0.2) is 37.8 Å². The van der Waals surface area contributed by atoms with Crippen LogP contribution in [0.25, 0.3) is 0 Å². The van der Waals surface area contributed by atoms with Gasteiger partial charge in [-0.15, -0.1) is 3.89 Å². The molecule has 1 aromatic rings. The van der Waals surface area contributed by atoms with Crippen molar-refractivity contribution in [1.29, 1.82) is 0 Å². The lowest BCUT2D eigenvalue weighted by Gasteiger charge is -2.15. The molecule has 2 N–H and O–H groups in total. The minimum atomic E-state index is -4.82. The highest BCUT2D eigenvalue weighted by Crippen LogP contribution is 2.20. The smallest absolute Gasteiger partial charge is 0.337 e. The lowest BCUT2D eigenvalue weighted by molar-refractivity contribution is -0.156. The highest BCUT2D eigenvalue weighted by Gasteiger charge is 2.26. The molecule has 1 rings (SSSR count). The van der Waals surface area contributed by atoms with Gasteiger partial charge in [0.15, 0.2) is 6.10 Å². The van der Waals surface area contributed by atoms with Gasteiger partial charge in [-0.1, -0.05) is 12.1 Å². The van der Waals surface area contributed by atoms with E-state index in [0.29, 0.717) is 0 Å². The largest absolute Gasteiger partial charge is 0.467 e. The average Bonchev–Trinajstić information content (AvgIpc) is 2.35. The van der Waals surface area contributed by atoms with Gasteiger partial charge in [0.05, 0.1) is 12.0 Å². The molecule has 0 aliphatic heterocycles.